The summed E-state index contributed by atoms with van der Waals surface area (Å²) in [4.78, 5) is 23.1. The van der Waals surface area contributed by atoms with Crippen molar-refractivity contribution in [2.75, 3.05) is 33.3 Å². The summed E-state index contributed by atoms with van der Waals surface area (Å²) in [5.74, 6) is 0.446. The number of fused-ring (bicyclic) bond motifs is 3. The van der Waals surface area contributed by atoms with Gasteiger partial charge in [-0.05, 0) is 32.0 Å². The summed E-state index contributed by atoms with van der Waals surface area (Å²) in [7, 11) is -1.86. The quantitative estimate of drug-likeness (QED) is 0.326. The molecule has 0 radical (unpaired) electrons. The number of piperazine rings is 1. The van der Waals surface area contributed by atoms with Gasteiger partial charge >= 0.3 is 5.69 Å². The zero-order valence-corrected chi connectivity index (χ0v) is 22.1. The second-order valence-electron chi connectivity index (χ2n) is 9.33. The first-order valence-electron chi connectivity index (χ1n) is 12.6. The Balaban J connectivity index is 1.54. The van der Waals surface area contributed by atoms with Gasteiger partial charge in [0.25, 0.3) is 0 Å². The van der Waals surface area contributed by atoms with Gasteiger partial charge in [0.2, 0.25) is 10.0 Å². The van der Waals surface area contributed by atoms with Crippen molar-refractivity contribution in [3.8, 4) is 11.4 Å². The topological polar surface area (TPSA) is 131 Å². The Labute approximate surface area is 214 Å². The van der Waals surface area contributed by atoms with Crippen molar-refractivity contribution >= 4 is 26.8 Å². The van der Waals surface area contributed by atoms with Gasteiger partial charge < -0.3 is 14.6 Å². The SMILES string of the molecule is CCCCOC1CN(C)CCN1S(=O)(=O)c1cccc(-c2nc3c([nH]2)c2nncn2c(=O)n3CCC)c1. The van der Waals surface area contributed by atoms with E-state index in [9.17, 15) is 13.2 Å². The number of aromatic amines is 1. The average molecular weight is 529 g/mol. The summed E-state index contributed by atoms with van der Waals surface area (Å²) < 4.78 is 37.9. The molecule has 0 saturated carbocycles. The van der Waals surface area contributed by atoms with Crippen LogP contribution in [0, 0.1) is 0 Å². The van der Waals surface area contributed by atoms with Crippen LogP contribution in [0.1, 0.15) is 33.1 Å². The molecule has 0 amide bonds. The van der Waals surface area contributed by atoms with Crippen molar-refractivity contribution in [1.82, 2.24) is 38.3 Å². The normalized spacial score (nSPS) is 17.8. The van der Waals surface area contributed by atoms with Gasteiger partial charge in [-0.25, -0.2) is 22.6 Å². The van der Waals surface area contributed by atoms with Gasteiger partial charge in [-0.3, -0.25) is 4.57 Å². The van der Waals surface area contributed by atoms with E-state index in [4.69, 9.17) is 4.74 Å². The predicted octanol–water partition coefficient (Wildman–Crippen LogP) is 1.92. The molecule has 0 spiro atoms. The van der Waals surface area contributed by atoms with Crippen LogP contribution in [-0.2, 0) is 21.3 Å². The molecule has 1 aliphatic heterocycles. The molecule has 12 nitrogen and oxygen atoms in total. The Morgan fingerprint density at radius 1 is 1.16 bits per heavy atom. The highest BCUT2D eigenvalue weighted by Gasteiger charge is 2.36. The van der Waals surface area contributed by atoms with Gasteiger partial charge in [0.15, 0.2) is 11.3 Å². The van der Waals surface area contributed by atoms with E-state index >= 15 is 0 Å². The van der Waals surface area contributed by atoms with Gasteiger partial charge in [0, 0.05) is 38.3 Å². The lowest BCUT2D eigenvalue weighted by atomic mass is 10.2. The number of H-pyrrole nitrogens is 1. The number of hydrogen-bond donors (Lipinski definition) is 1. The minimum Gasteiger partial charge on any atom is -0.361 e. The number of sulfonamides is 1. The molecular weight excluding hydrogens is 496 g/mol. The smallest absolute Gasteiger partial charge is 0.336 e. The van der Waals surface area contributed by atoms with E-state index in [1.54, 1.807) is 28.8 Å². The number of aryl methyl sites for hydroxylation is 1. The molecule has 3 aromatic heterocycles. The van der Waals surface area contributed by atoms with Crippen LogP contribution in [0.4, 0.5) is 0 Å². The first-order chi connectivity index (χ1) is 17.8. The van der Waals surface area contributed by atoms with E-state index in [0.717, 1.165) is 19.3 Å². The molecule has 4 heterocycles. The molecule has 0 aliphatic carbocycles. The van der Waals surface area contributed by atoms with E-state index in [-0.39, 0.29) is 10.6 Å². The fraction of sp³-hybridized carbons (Fsp3) is 0.500. The van der Waals surface area contributed by atoms with Crippen LogP contribution in [0.5, 0.6) is 0 Å². The largest absolute Gasteiger partial charge is 0.361 e. The van der Waals surface area contributed by atoms with Crippen LogP contribution in [-0.4, -0.2) is 86.3 Å². The number of nitrogens with zero attached hydrogens (tertiary/aromatic N) is 7. The van der Waals surface area contributed by atoms with Crippen LogP contribution in [0.2, 0.25) is 0 Å². The summed E-state index contributed by atoms with van der Waals surface area (Å²) in [5.41, 5.74) is 1.71. The number of nitrogens with one attached hydrogen (secondary N) is 1. The van der Waals surface area contributed by atoms with Gasteiger partial charge in [-0.15, -0.1) is 10.2 Å². The lowest BCUT2D eigenvalue weighted by molar-refractivity contribution is -0.0586. The van der Waals surface area contributed by atoms with Crippen LogP contribution >= 0.6 is 0 Å². The summed E-state index contributed by atoms with van der Waals surface area (Å²) >= 11 is 0. The number of likely N-dealkylation sites (N-methyl/N-ethyl adjacent to an activating group) is 1. The van der Waals surface area contributed by atoms with Gasteiger partial charge in [0.1, 0.15) is 23.9 Å². The summed E-state index contributed by atoms with van der Waals surface area (Å²) in [6, 6.07) is 6.69. The lowest BCUT2D eigenvalue weighted by Crippen LogP contribution is -2.55. The molecule has 1 fully saturated rings. The van der Waals surface area contributed by atoms with E-state index in [1.165, 1.54) is 15.0 Å². The van der Waals surface area contributed by atoms with Crippen LogP contribution in [0.15, 0.2) is 40.3 Å². The molecule has 13 heteroatoms. The summed E-state index contributed by atoms with van der Waals surface area (Å²) in [5, 5.41) is 7.97. The Kier molecular flexibility index (Phi) is 7.12. The lowest BCUT2D eigenvalue weighted by Gasteiger charge is -2.38. The standard InChI is InChI=1S/C24H32N8O4S/c1-4-6-13-36-19-15-29(3)11-12-32(19)37(34,35)18-9-7-8-17(14-18)21-26-20-22(27-21)30(10-5-2)24(33)31-16-25-28-23(20)31/h7-9,14,16,19H,4-6,10-13,15H2,1-3H3,(H,26,27). The second-order valence-corrected chi connectivity index (χ2v) is 11.2. The minimum atomic E-state index is -3.82. The Morgan fingerprint density at radius 2 is 2.00 bits per heavy atom. The van der Waals surface area contributed by atoms with Crippen LogP contribution < -0.4 is 5.69 Å². The molecule has 1 N–H and O–H groups in total. The highest BCUT2D eigenvalue weighted by molar-refractivity contribution is 7.89. The average Bonchev–Trinajstić information content (AvgIpc) is 3.55. The first kappa shape index (κ1) is 25.5. The van der Waals surface area contributed by atoms with Crippen molar-refractivity contribution in [2.24, 2.45) is 0 Å². The maximum Gasteiger partial charge on any atom is 0.336 e. The maximum atomic E-state index is 13.7. The fourth-order valence-electron chi connectivity index (χ4n) is 4.62. The molecule has 4 aromatic rings. The fourth-order valence-corrected chi connectivity index (χ4v) is 6.18. The molecule has 1 saturated heterocycles. The molecule has 1 aliphatic rings. The van der Waals surface area contributed by atoms with E-state index in [0.29, 0.717) is 61.0 Å². The number of imidazole rings is 1. The highest BCUT2D eigenvalue weighted by Crippen LogP contribution is 2.27. The first-order valence-corrected chi connectivity index (χ1v) is 14.0. The van der Waals surface area contributed by atoms with Crippen molar-refractivity contribution < 1.29 is 13.2 Å². The third kappa shape index (κ3) is 4.67. The van der Waals surface area contributed by atoms with E-state index in [2.05, 4.69) is 32.0 Å². The second kappa shape index (κ2) is 10.3. The summed E-state index contributed by atoms with van der Waals surface area (Å²) in [6.45, 7) is 6.52. The molecular formula is C24H32N8O4S. The van der Waals surface area contributed by atoms with Crippen LogP contribution in [0.3, 0.4) is 0 Å². The summed E-state index contributed by atoms with van der Waals surface area (Å²) in [6.07, 6.45) is 3.42. The third-order valence-corrected chi connectivity index (χ3v) is 8.49. The van der Waals surface area contributed by atoms with Crippen molar-refractivity contribution in [1.29, 1.82) is 0 Å². The van der Waals surface area contributed by atoms with Gasteiger partial charge in [-0.2, -0.15) is 4.31 Å². The Bertz CT molecular complexity index is 1570. The molecule has 1 atom stereocenters. The monoisotopic (exact) mass is 528 g/mol. The molecule has 37 heavy (non-hydrogen) atoms. The number of ether oxygens (including phenoxy) is 1. The van der Waals surface area contributed by atoms with Gasteiger partial charge in [-0.1, -0.05) is 32.4 Å². The zero-order valence-electron chi connectivity index (χ0n) is 21.3. The molecule has 5 rings (SSSR count). The number of unbranched alkanes of at least 4 members (excludes halogenated alkanes) is 1. The predicted molar refractivity (Wildman–Crippen MR) is 139 cm³/mol. The number of rotatable bonds is 9. The van der Waals surface area contributed by atoms with Gasteiger partial charge in [0.05, 0.1) is 4.90 Å². The minimum absolute atomic E-state index is 0.165. The number of benzene rings is 1. The van der Waals surface area contributed by atoms with Crippen LogP contribution in [0.25, 0.3) is 28.2 Å². The van der Waals surface area contributed by atoms with Crippen molar-refractivity contribution in [2.45, 2.75) is 50.8 Å². The molecule has 198 valence electrons. The van der Waals surface area contributed by atoms with Crippen molar-refractivity contribution in [3.63, 3.8) is 0 Å². The molecule has 0 bridgehead atoms. The Morgan fingerprint density at radius 3 is 2.78 bits per heavy atom. The number of hydrogen-bond acceptors (Lipinski definition) is 8. The zero-order chi connectivity index (χ0) is 26.2. The Hall–Kier alpha value is -3.13. The third-order valence-electron chi connectivity index (χ3n) is 6.61. The maximum absolute atomic E-state index is 13.7. The number of aromatic nitrogens is 6. The molecule has 1 aromatic carbocycles. The molecule has 1 unspecified atom stereocenters. The van der Waals surface area contributed by atoms with E-state index < -0.39 is 16.3 Å². The highest BCUT2D eigenvalue weighted by atomic mass is 32.2. The van der Waals surface area contributed by atoms with E-state index in [1.807, 2.05) is 14.0 Å². The van der Waals surface area contributed by atoms with Crippen molar-refractivity contribution in [3.05, 3.63) is 41.1 Å².